The van der Waals surface area contributed by atoms with Crippen LogP contribution in [0.4, 0.5) is 11.6 Å². The molecule has 1 aromatic heterocycles. The highest BCUT2D eigenvalue weighted by Gasteiger charge is 2.22. The molecule has 3 aromatic rings. The predicted molar refractivity (Wildman–Crippen MR) is 130 cm³/mol. The van der Waals surface area contributed by atoms with Crippen molar-refractivity contribution in [3.63, 3.8) is 0 Å². The smallest absolute Gasteiger partial charge is 0.227 e. The highest BCUT2D eigenvalue weighted by Crippen LogP contribution is 2.37. The molecule has 0 radical (unpaired) electrons. The molecular weight excluding hydrogens is 398 g/mol. The zero-order valence-corrected chi connectivity index (χ0v) is 19.1. The lowest BCUT2D eigenvalue weighted by Crippen LogP contribution is -2.26. The molecule has 0 amide bonds. The van der Waals surface area contributed by atoms with Crippen molar-refractivity contribution in [3.8, 4) is 5.75 Å². The first kappa shape index (κ1) is 21.2. The molecule has 6 nitrogen and oxygen atoms in total. The molecule has 0 bridgehead atoms. The van der Waals surface area contributed by atoms with Crippen LogP contribution in [0.3, 0.4) is 0 Å². The van der Waals surface area contributed by atoms with Crippen molar-refractivity contribution in [1.82, 2.24) is 14.9 Å². The fraction of sp³-hybridized carbons (Fsp3) is 0.462. The Morgan fingerprint density at radius 2 is 1.97 bits per heavy atom. The molecule has 2 heterocycles. The number of hydrogen-bond acceptors (Lipinski definition) is 6. The number of likely N-dealkylation sites (N-methyl/N-ethyl adjacent to an activating group) is 1. The third-order valence-corrected chi connectivity index (χ3v) is 7.23. The maximum Gasteiger partial charge on any atom is 0.227 e. The third-order valence-electron chi connectivity index (χ3n) is 7.23. The summed E-state index contributed by atoms with van der Waals surface area (Å²) in [4.78, 5) is 11.8. The summed E-state index contributed by atoms with van der Waals surface area (Å²) >= 11 is 0. The van der Waals surface area contributed by atoms with Gasteiger partial charge in [-0.3, -0.25) is 0 Å². The van der Waals surface area contributed by atoms with Crippen LogP contribution in [0.15, 0.2) is 36.5 Å². The Labute approximate surface area is 190 Å². The fourth-order valence-corrected chi connectivity index (χ4v) is 5.20. The summed E-state index contributed by atoms with van der Waals surface area (Å²) in [6.45, 7) is 2.84. The van der Waals surface area contributed by atoms with Gasteiger partial charge in [0, 0.05) is 24.7 Å². The van der Waals surface area contributed by atoms with Gasteiger partial charge in [-0.05, 0) is 92.4 Å². The maximum absolute atomic E-state index is 5.87. The minimum Gasteiger partial charge on any atom is -0.495 e. The minimum absolute atomic E-state index is 0.601. The average molecular weight is 432 g/mol. The molecule has 5 rings (SSSR count). The average Bonchev–Trinajstić information content (AvgIpc) is 2.83. The van der Waals surface area contributed by atoms with Crippen molar-refractivity contribution >= 4 is 22.5 Å². The zero-order valence-electron chi connectivity index (χ0n) is 19.1. The van der Waals surface area contributed by atoms with Gasteiger partial charge in [-0.1, -0.05) is 12.1 Å². The number of rotatable bonds is 5. The van der Waals surface area contributed by atoms with Gasteiger partial charge >= 0.3 is 0 Å². The van der Waals surface area contributed by atoms with E-state index in [0.717, 1.165) is 48.4 Å². The quantitative estimate of drug-likeness (QED) is 0.615. The van der Waals surface area contributed by atoms with Crippen molar-refractivity contribution in [2.75, 3.05) is 32.6 Å². The summed E-state index contributed by atoms with van der Waals surface area (Å²) in [5.41, 5.74) is 11.8. The molecule has 1 fully saturated rings. The Morgan fingerprint density at radius 3 is 2.75 bits per heavy atom. The van der Waals surface area contributed by atoms with Gasteiger partial charge in [0.15, 0.2) is 0 Å². The highest BCUT2D eigenvalue weighted by molar-refractivity contribution is 5.80. The SMILES string of the molecule is COc1cc2c(cc1Nc1ncc3ccc(C4CCC(CN)CC4)cc3n1)CN(C)CC2. The molecule has 2 aromatic carbocycles. The lowest BCUT2D eigenvalue weighted by molar-refractivity contribution is 0.312. The summed E-state index contributed by atoms with van der Waals surface area (Å²) < 4.78 is 5.67. The summed E-state index contributed by atoms with van der Waals surface area (Å²) in [6.07, 6.45) is 7.82. The molecule has 3 N–H and O–H groups in total. The van der Waals surface area contributed by atoms with E-state index in [1.165, 1.54) is 42.4 Å². The number of benzene rings is 2. The van der Waals surface area contributed by atoms with E-state index in [9.17, 15) is 0 Å². The molecule has 32 heavy (non-hydrogen) atoms. The van der Waals surface area contributed by atoms with E-state index in [0.29, 0.717) is 17.8 Å². The predicted octanol–water partition coefficient (Wildman–Crippen LogP) is 4.60. The Morgan fingerprint density at radius 1 is 1.12 bits per heavy atom. The van der Waals surface area contributed by atoms with Gasteiger partial charge in [0.05, 0.1) is 18.3 Å². The van der Waals surface area contributed by atoms with Gasteiger partial charge in [0.25, 0.3) is 0 Å². The number of nitrogens with zero attached hydrogens (tertiary/aromatic N) is 3. The molecule has 2 aliphatic rings. The molecule has 1 aliphatic heterocycles. The number of nitrogens with two attached hydrogens (primary N) is 1. The lowest BCUT2D eigenvalue weighted by atomic mass is 9.78. The van der Waals surface area contributed by atoms with Gasteiger partial charge in [0.2, 0.25) is 5.95 Å². The summed E-state index contributed by atoms with van der Waals surface area (Å²) in [7, 11) is 3.88. The van der Waals surface area contributed by atoms with Crippen molar-refractivity contribution in [3.05, 3.63) is 53.2 Å². The van der Waals surface area contributed by atoms with E-state index >= 15 is 0 Å². The van der Waals surface area contributed by atoms with Crippen LogP contribution < -0.4 is 15.8 Å². The largest absolute Gasteiger partial charge is 0.495 e. The Bertz CT molecular complexity index is 1110. The number of ether oxygens (including phenoxy) is 1. The van der Waals surface area contributed by atoms with E-state index in [2.05, 4.69) is 52.6 Å². The molecule has 0 unspecified atom stereocenters. The summed E-state index contributed by atoms with van der Waals surface area (Å²) in [5, 5.41) is 4.48. The van der Waals surface area contributed by atoms with Gasteiger partial charge in [-0.25, -0.2) is 9.97 Å². The van der Waals surface area contributed by atoms with Crippen LogP contribution >= 0.6 is 0 Å². The first-order valence-electron chi connectivity index (χ1n) is 11.7. The Balaban J connectivity index is 1.41. The fourth-order valence-electron chi connectivity index (χ4n) is 5.20. The van der Waals surface area contributed by atoms with Crippen LogP contribution in [0.2, 0.25) is 0 Å². The summed E-state index contributed by atoms with van der Waals surface area (Å²) in [6, 6.07) is 11.0. The van der Waals surface area contributed by atoms with Crippen LogP contribution in [0, 0.1) is 5.92 Å². The normalized spacial score (nSPS) is 21.3. The van der Waals surface area contributed by atoms with Crippen LogP contribution in [0.1, 0.15) is 48.3 Å². The van der Waals surface area contributed by atoms with E-state index in [4.69, 9.17) is 15.5 Å². The minimum atomic E-state index is 0.601. The van der Waals surface area contributed by atoms with Crippen LogP contribution in [-0.2, 0) is 13.0 Å². The number of anilines is 2. The molecule has 6 heteroatoms. The molecule has 0 spiro atoms. The van der Waals surface area contributed by atoms with Crippen LogP contribution in [0.25, 0.3) is 10.9 Å². The van der Waals surface area contributed by atoms with Crippen LogP contribution in [-0.4, -0.2) is 42.1 Å². The van der Waals surface area contributed by atoms with E-state index in [1.54, 1.807) is 7.11 Å². The lowest BCUT2D eigenvalue weighted by Gasteiger charge is -2.28. The number of fused-ring (bicyclic) bond motifs is 2. The Kier molecular flexibility index (Phi) is 5.98. The van der Waals surface area contributed by atoms with E-state index < -0.39 is 0 Å². The van der Waals surface area contributed by atoms with Gasteiger partial charge in [-0.15, -0.1) is 0 Å². The second kappa shape index (κ2) is 9.04. The monoisotopic (exact) mass is 431 g/mol. The first-order valence-corrected chi connectivity index (χ1v) is 11.7. The van der Waals surface area contributed by atoms with Gasteiger partial charge in [-0.2, -0.15) is 0 Å². The zero-order chi connectivity index (χ0) is 22.1. The number of methoxy groups -OCH3 is 1. The molecule has 0 atom stereocenters. The van der Waals surface area contributed by atoms with Crippen molar-refractivity contribution in [1.29, 1.82) is 0 Å². The van der Waals surface area contributed by atoms with Gasteiger partial charge < -0.3 is 20.7 Å². The molecular formula is C26H33N5O. The summed E-state index contributed by atoms with van der Waals surface area (Å²) in [5.74, 6) is 2.73. The molecule has 0 saturated heterocycles. The van der Waals surface area contributed by atoms with Gasteiger partial charge in [0.1, 0.15) is 5.75 Å². The number of aromatic nitrogens is 2. The van der Waals surface area contributed by atoms with E-state index in [1.807, 2.05) is 6.20 Å². The number of hydrogen-bond donors (Lipinski definition) is 2. The van der Waals surface area contributed by atoms with Crippen molar-refractivity contribution < 1.29 is 4.74 Å². The maximum atomic E-state index is 5.87. The molecule has 168 valence electrons. The number of nitrogens with one attached hydrogen (secondary N) is 1. The first-order chi connectivity index (χ1) is 15.6. The third kappa shape index (κ3) is 4.30. The van der Waals surface area contributed by atoms with Crippen molar-refractivity contribution in [2.24, 2.45) is 11.7 Å². The Hall–Kier alpha value is -2.70. The highest BCUT2D eigenvalue weighted by atomic mass is 16.5. The topological polar surface area (TPSA) is 76.3 Å². The molecule has 1 aliphatic carbocycles. The standard InChI is InChI=1S/C26H33N5O/c1-31-10-9-20-13-25(32-2)24(12-22(20)16-31)30-26-28-15-21-8-7-19(11-23(21)29-26)18-5-3-17(14-27)4-6-18/h7-8,11-13,15,17-18H,3-6,9-10,14,16,27H2,1-2H3,(H,28,29,30). The second-order valence-corrected chi connectivity index (χ2v) is 9.40. The second-order valence-electron chi connectivity index (χ2n) is 9.40. The molecule has 1 saturated carbocycles. The van der Waals surface area contributed by atoms with Crippen molar-refractivity contribution in [2.45, 2.75) is 44.6 Å². The van der Waals surface area contributed by atoms with E-state index in [-0.39, 0.29) is 0 Å². The van der Waals surface area contributed by atoms with Crippen LogP contribution in [0.5, 0.6) is 5.75 Å².